The number of aryl methyl sites for hydroxylation is 1. The second-order valence-electron chi connectivity index (χ2n) is 8.32. The largest absolute Gasteiger partial charge is 0.462 e. The molecule has 1 aliphatic carbocycles. The topological polar surface area (TPSA) is 79.0 Å². The number of anilines is 1. The number of rotatable bonds is 6. The molecule has 1 N–H and O–H groups in total. The van der Waals surface area contributed by atoms with Gasteiger partial charge in [-0.3, -0.25) is 14.5 Å². The lowest BCUT2D eigenvalue weighted by Crippen LogP contribution is -2.54. The molecule has 0 aromatic carbocycles. The zero-order valence-electron chi connectivity index (χ0n) is 18.5. The smallest absolute Gasteiger partial charge is 0.341 e. The first kappa shape index (κ1) is 22.7. The molecule has 0 saturated carbocycles. The number of hydrogen-bond acceptors (Lipinski definition) is 6. The van der Waals surface area contributed by atoms with Crippen molar-refractivity contribution in [2.45, 2.75) is 59.4 Å². The molecule has 7 nitrogen and oxygen atoms in total. The Hall–Kier alpha value is -1.93. The van der Waals surface area contributed by atoms with E-state index in [1.165, 1.54) is 16.2 Å². The van der Waals surface area contributed by atoms with E-state index in [0.29, 0.717) is 43.4 Å². The first-order valence-corrected chi connectivity index (χ1v) is 11.8. The summed E-state index contributed by atoms with van der Waals surface area (Å²) in [5, 5.41) is 3.63. The van der Waals surface area contributed by atoms with E-state index in [0.717, 1.165) is 31.2 Å². The van der Waals surface area contributed by atoms with Crippen LogP contribution in [0.3, 0.4) is 0 Å². The predicted molar refractivity (Wildman–Crippen MR) is 118 cm³/mol. The SMILES string of the molecule is CCOC(=O)c1c(NC(=O)C(C)N2CCN(C(=O)C(C)C)CC2)sc2c1CCCC2. The molecule has 1 fully saturated rings. The highest BCUT2D eigenvalue weighted by molar-refractivity contribution is 7.17. The number of carbonyl (C=O) groups excluding carboxylic acids is 3. The zero-order chi connectivity index (χ0) is 21.8. The summed E-state index contributed by atoms with van der Waals surface area (Å²) in [4.78, 5) is 42.9. The summed E-state index contributed by atoms with van der Waals surface area (Å²) in [6, 6.07) is -0.338. The van der Waals surface area contributed by atoms with E-state index in [4.69, 9.17) is 4.74 Å². The van der Waals surface area contributed by atoms with Crippen LogP contribution in [0.5, 0.6) is 0 Å². The number of hydrogen-bond donors (Lipinski definition) is 1. The minimum absolute atomic E-state index is 0.0107. The monoisotopic (exact) mass is 435 g/mol. The van der Waals surface area contributed by atoms with Gasteiger partial charge < -0.3 is 15.0 Å². The van der Waals surface area contributed by atoms with Crippen LogP contribution in [0.4, 0.5) is 5.00 Å². The van der Waals surface area contributed by atoms with Gasteiger partial charge in [-0.05, 0) is 45.1 Å². The Morgan fingerprint density at radius 2 is 1.73 bits per heavy atom. The van der Waals surface area contributed by atoms with Crippen LogP contribution in [-0.2, 0) is 27.2 Å². The molecule has 1 aliphatic heterocycles. The van der Waals surface area contributed by atoms with Crippen LogP contribution in [0.1, 0.15) is 61.3 Å². The maximum atomic E-state index is 13.0. The highest BCUT2D eigenvalue weighted by Crippen LogP contribution is 2.38. The quantitative estimate of drug-likeness (QED) is 0.695. The number of amides is 2. The average molecular weight is 436 g/mol. The Kier molecular flexibility index (Phi) is 7.52. The van der Waals surface area contributed by atoms with Gasteiger partial charge in [0.1, 0.15) is 5.00 Å². The first-order valence-electron chi connectivity index (χ1n) is 11.0. The normalized spacial score (nSPS) is 18.1. The first-order chi connectivity index (χ1) is 14.3. The molecule has 0 radical (unpaired) electrons. The number of nitrogens with zero attached hydrogens (tertiary/aromatic N) is 2. The number of carbonyl (C=O) groups is 3. The Balaban J connectivity index is 1.68. The second kappa shape index (κ2) is 9.92. The Bertz CT molecular complexity index is 797. The van der Waals surface area contributed by atoms with Crippen molar-refractivity contribution < 1.29 is 19.1 Å². The molecule has 8 heteroatoms. The van der Waals surface area contributed by atoms with Gasteiger partial charge in [-0.2, -0.15) is 0 Å². The van der Waals surface area contributed by atoms with Gasteiger partial charge in [0, 0.05) is 37.0 Å². The van der Waals surface area contributed by atoms with Gasteiger partial charge in [-0.1, -0.05) is 13.8 Å². The van der Waals surface area contributed by atoms with Crippen molar-refractivity contribution >= 4 is 34.1 Å². The van der Waals surface area contributed by atoms with Gasteiger partial charge in [-0.25, -0.2) is 4.79 Å². The fourth-order valence-corrected chi connectivity index (χ4v) is 5.43. The summed E-state index contributed by atoms with van der Waals surface area (Å²) in [6.07, 6.45) is 3.97. The van der Waals surface area contributed by atoms with Crippen LogP contribution in [0.15, 0.2) is 0 Å². The zero-order valence-corrected chi connectivity index (χ0v) is 19.3. The average Bonchev–Trinajstić information content (AvgIpc) is 3.10. The molecule has 1 saturated heterocycles. The number of nitrogens with one attached hydrogen (secondary N) is 1. The van der Waals surface area contributed by atoms with E-state index >= 15 is 0 Å². The second-order valence-corrected chi connectivity index (χ2v) is 9.42. The number of piperazine rings is 1. The molecule has 0 bridgehead atoms. The van der Waals surface area contributed by atoms with Crippen molar-refractivity contribution in [3.8, 4) is 0 Å². The van der Waals surface area contributed by atoms with Gasteiger partial charge in [0.05, 0.1) is 18.2 Å². The Morgan fingerprint density at radius 1 is 1.07 bits per heavy atom. The Morgan fingerprint density at radius 3 is 2.37 bits per heavy atom. The number of ether oxygens (including phenoxy) is 1. The van der Waals surface area contributed by atoms with Crippen molar-refractivity contribution in [1.82, 2.24) is 9.80 Å². The Labute approximate surface area is 182 Å². The third-order valence-corrected chi connectivity index (χ3v) is 7.14. The van der Waals surface area contributed by atoms with Gasteiger partial charge in [-0.15, -0.1) is 11.3 Å². The molecule has 0 spiro atoms. The van der Waals surface area contributed by atoms with Gasteiger partial charge in [0.25, 0.3) is 0 Å². The molecule has 2 amide bonds. The number of fused-ring (bicyclic) bond motifs is 1. The van der Waals surface area contributed by atoms with Gasteiger partial charge >= 0.3 is 5.97 Å². The van der Waals surface area contributed by atoms with E-state index in [1.54, 1.807) is 6.92 Å². The molecule has 1 unspecified atom stereocenters. The van der Waals surface area contributed by atoms with E-state index in [9.17, 15) is 14.4 Å². The molecule has 166 valence electrons. The molecule has 30 heavy (non-hydrogen) atoms. The van der Waals surface area contributed by atoms with E-state index in [-0.39, 0.29) is 29.7 Å². The lowest BCUT2D eigenvalue weighted by Gasteiger charge is -2.38. The fourth-order valence-electron chi connectivity index (χ4n) is 4.15. The third-order valence-electron chi connectivity index (χ3n) is 5.93. The van der Waals surface area contributed by atoms with E-state index < -0.39 is 0 Å². The van der Waals surface area contributed by atoms with E-state index in [2.05, 4.69) is 10.2 Å². The fraction of sp³-hybridized carbons (Fsp3) is 0.682. The number of esters is 1. The molecule has 3 rings (SSSR count). The maximum Gasteiger partial charge on any atom is 0.341 e. The predicted octanol–water partition coefficient (Wildman–Crippen LogP) is 2.93. The van der Waals surface area contributed by atoms with Crippen molar-refractivity contribution in [2.24, 2.45) is 5.92 Å². The molecule has 1 aromatic heterocycles. The third kappa shape index (κ3) is 4.86. The van der Waals surface area contributed by atoms with Crippen LogP contribution in [0.25, 0.3) is 0 Å². The van der Waals surface area contributed by atoms with Crippen molar-refractivity contribution in [1.29, 1.82) is 0 Å². The lowest BCUT2D eigenvalue weighted by molar-refractivity contribution is -0.136. The van der Waals surface area contributed by atoms with Crippen LogP contribution in [0, 0.1) is 5.92 Å². The van der Waals surface area contributed by atoms with Gasteiger partial charge in [0.15, 0.2) is 0 Å². The molecular weight excluding hydrogens is 402 g/mol. The summed E-state index contributed by atoms with van der Waals surface area (Å²) in [5.74, 6) is -0.318. The van der Waals surface area contributed by atoms with Crippen molar-refractivity contribution in [3.63, 3.8) is 0 Å². The van der Waals surface area contributed by atoms with Crippen LogP contribution >= 0.6 is 11.3 Å². The molecule has 1 aromatic rings. The van der Waals surface area contributed by atoms with Crippen LogP contribution in [0.2, 0.25) is 0 Å². The summed E-state index contributed by atoms with van der Waals surface area (Å²) >= 11 is 1.51. The van der Waals surface area contributed by atoms with Crippen molar-refractivity contribution in [3.05, 3.63) is 16.0 Å². The summed E-state index contributed by atoms with van der Waals surface area (Å²) < 4.78 is 5.27. The number of thiophene rings is 1. The standard InChI is InChI=1S/C22H33N3O4S/c1-5-29-22(28)18-16-8-6-7-9-17(16)30-20(18)23-19(26)15(4)24-10-12-25(13-11-24)21(27)14(2)3/h14-15H,5-13H2,1-4H3,(H,23,26). The minimum atomic E-state index is -0.347. The molecule has 2 heterocycles. The summed E-state index contributed by atoms with van der Waals surface area (Å²) in [7, 11) is 0. The minimum Gasteiger partial charge on any atom is -0.462 e. The lowest BCUT2D eigenvalue weighted by atomic mass is 9.95. The maximum absolute atomic E-state index is 13.0. The highest BCUT2D eigenvalue weighted by atomic mass is 32.1. The highest BCUT2D eigenvalue weighted by Gasteiger charge is 2.31. The summed E-state index contributed by atoms with van der Waals surface area (Å²) in [6.45, 7) is 10.4. The molecule has 1 atom stereocenters. The van der Waals surface area contributed by atoms with Crippen LogP contribution in [-0.4, -0.2) is 66.4 Å². The van der Waals surface area contributed by atoms with Gasteiger partial charge in [0.2, 0.25) is 11.8 Å². The van der Waals surface area contributed by atoms with Crippen molar-refractivity contribution in [2.75, 3.05) is 38.1 Å². The molecular formula is C22H33N3O4S. The summed E-state index contributed by atoms with van der Waals surface area (Å²) in [5.41, 5.74) is 1.60. The van der Waals surface area contributed by atoms with E-state index in [1.807, 2.05) is 25.7 Å². The molecule has 2 aliphatic rings. The van der Waals surface area contributed by atoms with Crippen LogP contribution < -0.4 is 5.32 Å².